The van der Waals surface area contributed by atoms with Gasteiger partial charge < -0.3 is 14.5 Å². The Morgan fingerprint density at radius 1 is 0.902 bits per heavy atom. The number of carbonyl (C=O) groups excluding carboxylic acids is 3. The number of alkyl halides is 1. The monoisotopic (exact) mass is 589 g/mol. The fraction of sp³-hybridized carbons (Fsp3) is 0.344. The van der Waals surface area contributed by atoms with Crippen molar-refractivity contribution >= 4 is 41.1 Å². The van der Waals surface area contributed by atoms with Gasteiger partial charge in [0.2, 0.25) is 11.8 Å². The van der Waals surface area contributed by atoms with Crippen molar-refractivity contribution in [2.24, 2.45) is 0 Å². The average molecular weight is 590 g/mol. The van der Waals surface area contributed by atoms with Gasteiger partial charge in [0.15, 0.2) is 12.1 Å². The number of β-lactam (4-membered cyclic amide) rings is 1. The number of hydrogen-bond acceptors (Lipinski definition) is 6. The Bertz CT molecular complexity index is 1410. The van der Waals surface area contributed by atoms with Crippen LogP contribution < -0.4 is 5.32 Å². The van der Waals surface area contributed by atoms with Crippen molar-refractivity contribution in [1.82, 2.24) is 15.1 Å². The van der Waals surface area contributed by atoms with Crippen molar-refractivity contribution in [2.75, 3.05) is 5.75 Å². The molecular weight excluding hydrogens is 558 g/mol. The predicted molar refractivity (Wildman–Crippen MR) is 159 cm³/mol. The van der Waals surface area contributed by atoms with Gasteiger partial charge in [-0.25, -0.2) is 4.79 Å². The van der Waals surface area contributed by atoms with E-state index in [2.05, 4.69) is 5.32 Å². The van der Waals surface area contributed by atoms with Gasteiger partial charge in [-0.2, -0.15) is 0 Å². The number of esters is 1. The Morgan fingerprint density at radius 3 is 2.00 bits per heavy atom. The molecule has 0 radical (unpaired) electrons. The first-order valence-electron chi connectivity index (χ1n) is 13.7. The summed E-state index contributed by atoms with van der Waals surface area (Å²) in [7, 11) is 0. The van der Waals surface area contributed by atoms with E-state index in [0.717, 1.165) is 16.7 Å². The molecule has 0 bridgehead atoms. The van der Waals surface area contributed by atoms with E-state index in [1.165, 1.54) is 16.7 Å². The summed E-state index contributed by atoms with van der Waals surface area (Å²) in [6.07, 6.45) is -0.660. The van der Waals surface area contributed by atoms with Gasteiger partial charge in [-0.1, -0.05) is 91.0 Å². The van der Waals surface area contributed by atoms with Crippen LogP contribution in [-0.4, -0.2) is 61.3 Å². The third-order valence-electron chi connectivity index (χ3n) is 8.09. The quantitative estimate of drug-likeness (QED) is 0.251. The number of fused-ring (bicyclic) bond motifs is 1. The number of amides is 2. The summed E-state index contributed by atoms with van der Waals surface area (Å²) in [5.41, 5.74) is 1.71. The zero-order chi connectivity index (χ0) is 28.9. The molecule has 3 aromatic rings. The second kappa shape index (κ2) is 10.5. The van der Waals surface area contributed by atoms with Crippen molar-refractivity contribution in [3.05, 3.63) is 108 Å². The molecule has 41 heavy (non-hydrogen) atoms. The Hall–Kier alpha value is -3.33. The average Bonchev–Trinajstić information content (AvgIpc) is 3.21. The molecule has 1 unspecified atom stereocenters. The van der Waals surface area contributed by atoms with E-state index in [1.807, 2.05) is 105 Å². The van der Waals surface area contributed by atoms with Crippen LogP contribution in [-0.2, 0) is 19.1 Å². The number of rotatable bonds is 6. The molecule has 1 N–H and O–H groups in total. The van der Waals surface area contributed by atoms with Crippen LogP contribution in [0.15, 0.2) is 91.0 Å². The normalized spacial score (nSPS) is 28.8. The Balaban J connectivity index is 1.28. The summed E-state index contributed by atoms with van der Waals surface area (Å²) in [6.45, 7) is 5.57. The maximum absolute atomic E-state index is 14.0. The molecule has 0 saturated carbocycles. The Morgan fingerprint density at radius 2 is 1.44 bits per heavy atom. The van der Waals surface area contributed by atoms with Crippen LogP contribution in [0.25, 0.3) is 0 Å². The maximum atomic E-state index is 14.0. The topological polar surface area (TPSA) is 79.0 Å². The highest BCUT2D eigenvalue weighted by Gasteiger charge is 2.66. The lowest BCUT2D eigenvalue weighted by Crippen LogP contribution is -2.79. The van der Waals surface area contributed by atoms with E-state index >= 15 is 0 Å². The molecule has 6 rings (SSSR count). The summed E-state index contributed by atoms with van der Waals surface area (Å²) in [5.74, 6) is -0.613. The summed E-state index contributed by atoms with van der Waals surface area (Å²) < 4.78 is 6.18. The van der Waals surface area contributed by atoms with E-state index in [-0.39, 0.29) is 11.8 Å². The van der Waals surface area contributed by atoms with Crippen LogP contribution in [0.4, 0.5) is 0 Å². The van der Waals surface area contributed by atoms with Gasteiger partial charge in [0.05, 0.1) is 10.5 Å². The molecule has 0 aliphatic carbocycles. The summed E-state index contributed by atoms with van der Waals surface area (Å²) in [5, 5.41) is 2.98. The van der Waals surface area contributed by atoms with Crippen molar-refractivity contribution in [1.29, 1.82) is 0 Å². The number of carbonyl (C=O) groups is 3. The zero-order valence-corrected chi connectivity index (χ0v) is 24.6. The molecule has 3 aliphatic rings. The number of benzene rings is 3. The van der Waals surface area contributed by atoms with E-state index in [0.29, 0.717) is 5.75 Å². The summed E-state index contributed by atoms with van der Waals surface area (Å²) in [6, 6.07) is 26.2. The third-order valence-corrected chi connectivity index (χ3v) is 10.2. The van der Waals surface area contributed by atoms with E-state index in [9.17, 15) is 14.4 Å². The second-order valence-electron chi connectivity index (χ2n) is 11.5. The van der Waals surface area contributed by atoms with Gasteiger partial charge in [0, 0.05) is 5.75 Å². The summed E-state index contributed by atoms with van der Waals surface area (Å²) in [4.78, 5) is 43.7. The van der Waals surface area contributed by atoms with Crippen LogP contribution in [0.3, 0.4) is 0 Å². The van der Waals surface area contributed by atoms with Crippen molar-refractivity contribution < 1.29 is 19.1 Å². The number of nitrogens with zero attached hydrogens (tertiary/aromatic N) is 2. The molecule has 3 fully saturated rings. The van der Waals surface area contributed by atoms with Crippen LogP contribution >= 0.6 is 23.4 Å². The number of ether oxygens (including phenoxy) is 1. The molecule has 9 heteroatoms. The number of thioether (sulfide) groups is 1. The van der Waals surface area contributed by atoms with E-state index in [1.54, 1.807) is 11.8 Å². The molecule has 0 spiro atoms. The molecular formula is C32H32ClN3O4S. The highest BCUT2D eigenvalue weighted by atomic mass is 35.5. The van der Waals surface area contributed by atoms with Gasteiger partial charge in [-0.3, -0.25) is 14.9 Å². The predicted octanol–water partition coefficient (Wildman–Crippen LogP) is 4.88. The lowest BCUT2D eigenvalue weighted by molar-refractivity contribution is -0.177. The molecule has 3 aliphatic heterocycles. The first-order chi connectivity index (χ1) is 19.6. The number of nitrogens with one attached hydrogen (secondary N) is 1. The molecule has 0 aromatic heterocycles. The largest absolute Gasteiger partial charge is 0.451 e. The van der Waals surface area contributed by atoms with E-state index < -0.39 is 46.1 Å². The van der Waals surface area contributed by atoms with Gasteiger partial charge in [-0.15, -0.1) is 23.4 Å². The molecule has 212 valence electrons. The van der Waals surface area contributed by atoms with Gasteiger partial charge in [0.25, 0.3) is 0 Å². The minimum absolute atomic E-state index is 0.161. The smallest absolute Gasteiger partial charge is 0.331 e. The second-order valence-corrected chi connectivity index (χ2v) is 13.4. The standard InChI is InChI=1S/C32H32ClN3O4S/c1-31(2)34-23(20-13-7-4-8-14-20)27(37)36(31)24-28(38)35-26(32(3,33)19-41-29(24)35)30(39)40-25(21-15-9-5-10-16-21)22-17-11-6-12-18-22/h4-18,23-26,29,34H,19H2,1-3H3/t23?,24-,26+,29+,32-/m1/s1. The molecule has 3 aromatic carbocycles. The van der Waals surface area contributed by atoms with Gasteiger partial charge in [-0.05, 0) is 37.5 Å². The first-order valence-corrected chi connectivity index (χ1v) is 15.1. The van der Waals surface area contributed by atoms with Crippen molar-refractivity contribution in [3.63, 3.8) is 0 Å². The molecule has 7 nitrogen and oxygen atoms in total. The highest BCUT2D eigenvalue weighted by molar-refractivity contribution is 8.00. The van der Waals surface area contributed by atoms with Gasteiger partial charge in [0.1, 0.15) is 17.5 Å². The van der Waals surface area contributed by atoms with Crippen LogP contribution in [0.5, 0.6) is 0 Å². The maximum Gasteiger partial charge on any atom is 0.331 e. The van der Waals surface area contributed by atoms with Gasteiger partial charge >= 0.3 is 5.97 Å². The lowest BCUT2D eigenvalue weighted by atomic mass is 9.92. The Kier molecular flexibility index (Phi) is 7.12. The fourth-order valence-electron chi connectivity index (χ4n) is 6.15. The molecule has 5 atom stereocenters. The zero-order valence-electron chi connectivity index (χ0n) is 23.1. The minimum Gasteiger partial charge on any atom is -0.451 e. The molecule has 3 saturated heterocycles. The van der Waals surface area contributed by atoms with Crippen LogP contribution in [0, 0.1) is 0 Å². The highest BCUT2D eigenvalue weighted by Crippen LogP contribution is 2.49. The third kappa shape index (κ3) is 4.82. The lowest BCUT2D eigenvalue weighted by Gasteiger charge is -2.59. The number of hydrogen-bond donors (Lipinski definition) is 1. The summed E-state index contributed by atoms with van der Waals surface area (Å²) >= 11 is 8.45. The SMILES string of the molecule is CC1(C)NC(c2ccccc2)C(=O)N1[C@@H]1C(=O)N2[C@@H](C(=O)OC(c3ccccc3)c3ccccc3)[C@](C)(Cl)CS[C@@H]12. The molecule has 3 heterocycles. The van der Waals surface area contributed by atoms with E-state index in [4.69, 9.17) is 16.3 Å². The fourth-order valence-corrected chi connectivity index (χ4v) is 7.99. The number of halogens is 1. The van der Waals surface area contributed by atoms with Crippen molar-refractivity contribution in [2.45, 2.75) is 60.9 Å². The van der Waals surface area contributed by atoms with Crippen LogP contribution in [0.2, 0.25) is 0 Å². The minimum atomic E-state index is -1.05. The Labute approximate surface area is 249 Å². The first kappa shape index (κ1) is 27.8. The molecule has 2 amide bonds. The van der Waals surface area contributed by atoms with Crippen molar-refractivity contribution in [3.8, 4) is 0 Å². The van der Waals surface area contributed by atoms with Crippen LogP contribution in [0.1, 0.15) is 49.6 Å².